The number of carbonyl (C=O) groups is 1. The van der Waals surface area contributed by atoms with Crippen LogP contribution in [0.5, 0.6) is 0 Å². The first kappa shape index (κ1) is 17.5. The molecule has 142 valence electrons. The number of halogens is 3. The summed E-state index contributed by atoms with van der Waals surface area (Å²) in [6.07, 6.45) is -2.32. The van der Waals surface area contributed by atoms with Gasteiger partial charge in [-0.05, 0) is 18.6 Å². The molecule has 0 radical (unpaired) electrons. The summed E-state index contributed by atoms with van der Waals surface area (Å²) in [6.45, 7) is 2.88. The van der Waals surface area contributed by atoms with Gasteiger partial charge in [0.2, 0.25) is 5.91 Å². The lowest BCUT2D eigenvalue weighted by molar-refractivity contribution is -0.137. The molecule has 1 amide bonds. The third-order valence-corrected chi connectivity index (χ3v) is 5.08. The molecule has 4 heterocycles. The van der Waals surface area contributed by atoms with E-state index in [4.69, 9.17) is 5.73 Å². The fourth-order valence-electron chi connectivity index (χ4n) is 3.83. The number of carbonyl (C=O) groups excluding carboxylic acids is 1. The molecular formula is C17H17F3N6O. The molecule has 2 bridgehead atoms. The minimum absolute atomic E-state index is 0.0648. The highest BCUT2D eigenvalue weighted by molar-refractivity contribution is 5.75. The molecule has 4 rings (SSSR count). The van der Waals surface area contributed by atoms with Crippen molar-refractivity contribution in [2.24, 2.45) is 0 Å². The zero-order valence-electron chi connectivity index (χ0n) is 14.4. The van der Waals surface area contributed by atoms with E-state index in [0.29, 0.717) is 24.6 Å². The summed E-state index contributed by atoms with van der Waals surface area (Å²) < 4.78 is 38.5. The van der Waals surface area contributed by atoms with Crippen LogP contribution in [0.25, 0.3) is 11.4 Å². The fraction of sp³-hybridized carbons (Fsp3) is 0.412. The first-order chi connectivity index (χ1) is 12.7. The van der Waals surface area contributed by atoms with Crippen molar-refractivity contribution >= 4 is 17.5 Å². The molecule has 0 aliphatic carbocycles. The van der Waals surface area contributed by atoms with E-state index < -0.39 is 17.6 Å². The van der Waals surface area contributed by atoms with Gasteiger partial charge >= 0.3 is 6.18 Å². The minimum atomic E-state index is -4.55. The van der Waals surface area contributed by atoms with E-state index in [-0.39, 0.29) is 23.7 Å². The molecule has 0 unspecified atom stereocenters. The monoisotopic (exact) mass is 378 g/mol. The van der Waals surface area contributed by atoms with Crippen molar-refractivity contribution < 1.29 is 18.0 Å². The van der Waals surface area contributed by atoms with Crippen LogP contribution in [0.3, 0.4) is 0 Å². The Kier molecular flexibility index (Phi) is 3.93. The number of amides is 1. The molecule has 2 N–H and O–H groups in total. The molecule has 2 aliphatic heterocycles. The number of nitrogens with two attached hydrogens (primary N) is 1. The Labute approximate surface area is 153 Å². The summed E-state index contributed by atoms with van der Waals surface area (Å²) in [5.74, 6) is 0.142. The van der Waals surface area contributed by atoms with Crippen molar-refractivity contribution in [1.82, 2.24) is 19.9 Å². The maximum absolute atomic E-state index is 12.8. The van der Waals surface area contributed by atoms with E-state index in [9.17, 15) is 18.0 Å². The lowest BCUT2D eigenvalue weighted by atomic mass is 10.2. The predicted octanol–water partition coefficient (Wildman–Crippen LogP) is 1.95. The zero-order chi connectivity index (χ0) is 19.3. The maximum atomic E-state index is 12.8. The van der Waals surface area contributed by atoms with E-state index in [2.05, 4.69) is 19.9 Å². The van der Waals surface area contributed by atoms with Gasteiger partial charge in [-0.15, -0.1) is 0 Å². The standard InChI is InChI=1S/C17H17F3N6O/c1-9(27)25-6-11-4-10(25)7-26(11)15-5-14(22-8-23-15)13-3-2-12(16(21)24-13)17(18,19)20/h2-3,5,8,10-11H,4,6-7H2,1H3,(H2,21,24)/t10-,11-/m0/s1. The quantitative estimate of drug-likeness (QED) is 0.859. The second kappa shape index (κ2) is 6.07. The summed E-state index contributed by atoms with van der Waals surface area (Å²) >= 11 is 0. The van der Waals surface area contributed by atoms with Crippen molar-refractivity contribution in [3.05, 3.63) is 30.1 Å². The summed E-state index contributed by atoms with van der Waals surface area (Å²) in [7, 11) is 0. The predicted molar refractivity (Wildman–Crippen MR) is 91.6 cm³/mol. The van der Waals surface area contributed by atoms with Gasteiger partial charge in [0.15, 0.2) is 0 Å². The van der Waals surface area contributed by atoms with Crippen LogP contribution in [0.4, 0.5) is 24.8 Å². The van der Waals surface area contributed by atoms with E-state index in [1.165, 1.54) is 12.4 Å². The molecule has 2 atom stereocenters. The number of alkyl halides is 3. The summed E-state index contributed by atoms with van der Waals surface area (Å²) in [4.78, 5) is 27.9. The Morgan fingerprint density at radius 3 is 2.56 bits per heavy atom. The largest absolute Gasteiger partial charge is 0.419 e. The van der Waals surface area contributed by atoms with Crippen LogP contribution >= 0.6 is 0 Å². The maximum Gasteiger partial charge on any atom is 0.419 e. The normalized spacial score (nSPS) is 21.8. The number of anilines is 2. The van der Waals surface area contributed by atoms with Crippen LogP contribution in [0, 0.1) is 0 Å². The number of nitrogen functional groups attached to an aromatic ring is 1. The third kappa shape index (κ3) is 3.04. The van der Waals surface area contributed by atoms with Crippen LogP contribution < -0.4 is 10.6 Å². The first-order valence-electron chi connectivity index (χ1n) is 8.44. The van der Waals surface area contributed by atoms with Gasteiger partial charge in [-0.1, -0.05) is 0 Å². The molecule has 0 spiro atoms. The molecule has 0 aromatic carbocycles. The summed E-state index contributed by atoms with van der Waals surface area (Å²) in [6, 6.07) is 4.17. The Morgan fingerprint density at radius 1 is 1.19 bits per heavy atom. The number of piperazine rings is 1. The molecule has 2 aromatic heterocycles. The highest BCUT2D eigenvalue weighted by Crippen LogP contribution is 2.36. The Balaban J connectivity index is 1.60. The van der Waals surface area contributed by atoms with Crippen LogP contribution in [0.1, 0.15) is 18.9 Å². The van der Waals surface area contributed by atoms with Crippen LogP contribution in [0.2, 0.25) is 0 Å². The smallest absolute Gasteiger partial charge is 0.383 e. The van der Waals surface area contributed by atoms with Gasteiger partial charge in [0.05, 0.1) is 29.0 Å². The minimum Gasteiger partial charge on any atom is -0.383 e. The highest BCUT2D eigenvalue weighted by atomic mass is 19.4. The highest BCUT2D eigenvalue weighted by Gasteiger charge is 2.44. The fourth-order valence-corrected chi connectivity index (χ4v) is 3.83. The number of likely N-dealkylation sites (tertiary alicyclic amines) is 1. The molecule has 27 heavy (non-hydrogen) atoms. The second-order valence-electron chi connectivity index (χ2n) is 6.76. The van der Waals surface area contributed by atoms with Crippen molar-refractivity contribution in [3.8, 4) is 11.4 Å². The SMILES string of the molecule is CC(=O)N1C[C@@H]2C[C@H]1CN2c1cc(-c2ccc(C(F)(F)F)c(N)n2)ncn1. The van der Waals surface area contributed by atoms with E-state index in [1.54, 1.807) is 13.0 Å². The van der Waals surface area contributed by atoms with Crippen molar-refractivity contribution in [2.45, 2.75) is 31.6 Å². The first-order valence-corrected chi connectivity index (χ1v) is 8.44. The van der Waals surface area contributed by atoms with Gasteiger partial charge in [-0.3, -0.25) is 4.79 Å². The molecule has 10 heteroatoms. The number of rotatable bonds is 2. The second-order valence-corrected chi connectivity index (χ2v) is 6.76. The Hall–Kier alpha value is -2.91. The summed E-state index contributed by atoms with van der Waals surface area (Å²) in [5.41, 5.74) is 5.15. The van der Waals surface area contributed by atoms with Crippen LogP contribution in [-0.2, 0) is 11.0 Å². The lowest BCUT2D eigenvalue weighted by Crippen LogP contribution is -2.48. The van der Waals surface area contributed by atoms with Crippen LogP contribution in [0.15, 0.2) is 24.5 Å². The molecule has 2 saturated heterocycles. The average Bonchev–Trinajstić information content (AvgIpc) is 3.21. The van der Waals surface area contributed by atoms with Gasteiger partial charge in [0.25, 0.3) is 0 Å². The topological polar surface area (TPSA) is 88.2 Å². The van der Waals surface area contributed by atoms with Gasteiger partial charge in [0.1, 0.15) is 18.0 Å². The molecule has 2 aromatic rings. The number of hydrogen-bond acceptors (Lipinski definition) is 6. The number of hydrogen-bond donors (Lipinski definition) is 1. The number of fused-ring (bicyclic) bond motifs is 2. The molecule has 0 saturated carbocycles. The van der Waals surface area contributed by atoms with Gasteiger partial charge in [0, 0.05) is 26.1 Å². The third-order valence-electron chi connectivity index (χ3n) is 5.08. The van der Waals surface area contributed by atoms with E-state index >= 15 is 0 Å². The van der Waals surface area contributed by atoms with E-state index in [0.717, 1.165) is 12.5 Å². The van der Waals surface area contributed by atoms with Crippen molar-refractivity contribution in [2.75, 3.05) is 23.7 Å². The van der Waals surface area contributed by atoms with Crippen LogP contribution in [-0.4, -0.2) is 50.9 Å². The molecule has 2 aliphatic rings. The number of nitrogens with zero attached hydrogens (tertiary/aromatic N) is 5. The zero-order valence-corrected chi connectivity index (χ0v) is 14.4. The average molecular weight is 378 g/mol. The summed E-state index contributed by atoms with van der Waals surface area (Å²) in [5, 5.41) is 0. The molecule has 7 nitrogen and oxygen atoms in total. The van der Waals surface area contributed by atoms with Crippen molar-refractivity contribution in [3.63, 3.8) is 0 Å². The lowest BCUT2D eigenvalue weighted by Gasteiger charge is -2.34. The molecule has 2 fully saturated rings. The number of pyridine rings is 1. The Morgan fingerprint density at radius 2 is 1.96 bits per heavy atom. The Bertz CT molecular complexity index is 902. The van der Waals surface area contributed by atoms with Gasteiger partial charge in [-0.25, -0.2) is 15.0 Å². The number of aromatic nitrogens is 3. The molecular weight excluding hydrogens is 361 g/mol. The van der Waals surface area contributed by atoms with E-state index in [1.807, 2.05) is 4.90 Å². The van der Waals surface area contributed by atoms with Gasteiger partial charge < -0.3 is 15.5 Å². The van der Waals surface area contributed by atoms with Crippen molar-refractivity contribution in [1.29, 1.82) is 0 Å². The van der Waals surface area contributed by atoms with Gasteiger partial charge in [-0.2, -0.15) is 13.2 Å².